The molecule has 0 amide bonds. The topological polar surface area (TPSA) is 74.2 Å². The Hall–Kier alpha value is -1.88. The summed E-state index contributed by atoms with van der Waals surface area (Å²) >= 11 is 0. The predicted molar refractivity (Wildman–Crippen MR) is 60.4 cm³/mol. The van der Waals surface area contributed by atoms with E-state index in [1.54, 1.807) is 0 Å². The fourth-order valence-electron chi connectivity index (χ4n) is 2.24. The molecule has 3 rings (SSSR count). The Morgan fingerprint density at radius 3 is 3.00 bits per heavy atom. The van der Waals surface area contributed by atoms with E-state index in [0.717, 1.165) is 11.3 Å². The van der Waals surface area contributed by atoms with Crippen LogP contribution in [0.3, 0.4) is 0 Å². The maximum Gasteiger partial charge on any atom is 0.213 e. The number of fused-ring (bicyclic) bond motifs is 1. The molecule has 0 aliphatic carbocycles. The molecular weight excluding hydrogens is 218 g/mol. The van der Waals surface area contributed by atoms with Crippen molar-refractivity contribution in [2.24, 2.45) is 11.7 Å². The Balaban J connectivity index is 2.21. The molecular formula is C12H13N3O2. The van der Waals surface area contributed by atoms with E-state index >= 15 is 0 Å². The van der Waals surface area contributed by atoms with Gasteiger partial charge in [0, 0.05) is 11.5 Å². The zero-order chi connectivity index (χ0) is 11.9. The van der Waals surface area contributed by atoms with Gasteiger partial charge in [0.2, 0.25) is 6.39 Å². The quantitative estimate of drug-likeness (QED) is 0.800. The molecule has 0 saturated heterocycles. The summed E-state index contributed by atoms with van der Waals surface area (Å²) in [5.41, 5.74) is 6.67. The van der Waals surface area contributed by atoms with Gasteiger partial charge in [-0.1, -0.05) is 30.3 Å². The van der Waals surface area contributed by atoms with E-state index < -0.39 is 5.54 Å². The van der Waals surface area contributed by atoms with Gasteiger partial charge in [-0.3, -0.25) is 0 Å². The van der Waals surface area contributed by atoms with Crippen LogP contribution in [0.1, 0.15) is 18.3 Å². The van der Waals surface area contributed by atoms with Gasteiger partial charge < -0.3 is 15.0 Å². The van der Waals surface area contributed by atoms with Crippen molar-refractivity contribution in [1.29, 1.82) is 0 Å². The highest BCUT2D eigenvalue weighted by Crippen LogP contribution is 2.41. The Morgan fingerprint density at radius 1 is 1.41 bits per heavy atom. The van der Waals surface area contributed by atoms with E-state index in [4.69, 9.17) is 15.0 Å². The first-order valence-corrected chi connectivity index (χ1v) is 5.51. The van der Waals surface area contributed by atoms with Crippen LogP contribution in [0.25, 0.3) is 0 Å². The molecule has 5 heteroatoms. The third-order valence-corrected chi connectivity index (χ3v) is 3.33. The van der Waals surface area contributed by atoms with Crippen LogP contribution in [0.2, 0.25) is 0 Å². The van der Waals surface area contributed by atoms with Gasteiger partial charge in [-0.25, -0.2) is 0 Å². The number of nitrogens with zero attached hydrogens (tertiary/aromatic N) is 2. The summed E-state index contributed by atoms with van der Waals surface area (Å²) in [4.78, 5) is 4.10. The first kappa shape index (κ1) is 10.3. The second kappa shape index (κ2) is 3.56. The maximum absolute atomic E-state index is 6.51. The van der Waals surface area contributed by atoms with Crippen LogP contribution in [0.4, 0.5) is 0 Å². The molecule has 5 nitrogen and oxygen atoms in total. The first-order valence-electron chi connectivity index (χ1n) is 5.51. The van der Waals surface area contributed by atoms with Gasteiger partial charge in [0.1, 0.15) is 11.3 Å². The van der Waals surface area contributed by atoms with Gasteiger partial charge >= 0.3 is 0 Å². The normalized spacial score (nSPS) is 27.3. The largest absolute Gasteiger partial charge is 0.493 e. The minimum atomic E-state index is -0.748. The molecule has 2 unspecified atom stereocenters. The average Bonchev–Trinajstić information content (AvgIpc) is 2.88. The van der Waals surface area contributed by atoms with Gasteiger partial charge in [-0.15, -0.1) is 0 Å². The zero-order valence-electron chi connectivity index (χ0n) is 9.46. The number of nitrogens with two attached hydrogens (primary N) is 1. The lowest BCUT2D eigenvalue weighted by atomic mass is 9.77. The van der Waals surface area contributed by atoms with Gasteiger partial charge in [0.05, 0.1) is 6.61 Å². The van der Waals surface area contributed by atoms with E-state index in [0.29, 0.717) is 12.4 Å². The minimum Gasteiger partial charge on any atom is -0.493 e. The highest BCUT2D eigenvalue weighted by molar-refractivity contribution is 5.45. The SMILES string of the molecule is CC1COc2ccccc2C1(N)c1ncon1. The third-order valence-electron chi connectivity index (χ3n) is 3.33. The second-order valence-electron chi connectivity index (χ2n) is 4.33. The molecule has 0 radical (unpaired) electrons. The molecule has 0 spiro atoms. The summed E-state index contributed by atoms with van der Waals surface area (Å²) < 4.78 is 10.5. The monoisotopic (exact) mass is 231 g/mol. The molecule has 1 aromatic heterocycles. The lowest BCUT2D eigenvalue weighted by Crippen LogP contribution is -2.50. The van der Waals surface area contributed by atoms with Crippen LogP contribution in [0, 0.1) is 5.92 Å². The molecule has 1 aliphatic rings. The Morgan fingerprint density at radius 2 is 2.24 bits per heavy atom. The molecule has 1 aliphatic heterocycles. The number of benzene rings is 1. The summed E-state index contributed by atoms with van der Waals surface area (Å²) in [7, 11) is 0. The standard InChI is InChI=1S/C12H13N3O2/c1-8-6-16-10-5-3-2-4-9(10)12(8,13)11-14-7-17-15-11/h2-5,7-8H,6,13H2,1H3. The molecule has 17 heavy (non-hydrogen) atoms. The fourth-order valence-corrected chi connectivity index (χ4v) is 2.24. The fraction of sp³-hybridized carbons (Fsp3) is 0.333. The second-order valence-corrected chi connectivity index (χ2v) is 4.33. The maximum atomic E-state index is 6.51. The Kier molecular flexibility index (Phi) is 2.16. The number of hydrogen-bond acceptors (Lipinski definition) is 5. The molecule has 2 heterocycles. The van der Waals surface area contributed by atoms with Gasteiger partial charge in [0.15, 0.2) is 5.82 Å². The predicted octanol–water partition coefficient (Wildman–Crippen LogP) is 1.30. The van der Waals surface area contributed by atoms with Crippen LogP contribution >= 0.6 is 0 Å². The highest BCUT2D eigenvalue weighted by Gasteiger charge is 2.44. The van der Waals surface area contributed by atoms with Gasteiger partial charge in [-0.05, 0) is 6.07 Å². The summed E-state index contributed by atoms with van der Waals surface area (Å²) in [5.74, 6) is 1.37. The molecule has 0 fully saturated rings. The van der Waals surface area contributed by atoms with Gasteiger partial charge in [0.25, 0.3) is 0 Å². The molecule has 2 atom stereocenters. The van der Waals surface area contributed by atoms with Crippen molar-refractivity contribution in [3.63, 3.8) is 0 Å². The first-order chi connectivity index (χ1) is 8.23. The summed E-state index contributed by atoms with van der Waals surface area (Å²) in [6, 6.07) is 7.71. The van der Waals surface area contributed by atoms with Crippen molar-refractivity contribution in [2.45, 2.75) is 12.5 Å². The van der Waals surface area contributed by atoms with Crippen LogP contribution in [-0.4, -0.2) is 16.7 Å². The van der Waals surface area contributed by atoms with Gasteiger partial charge in [-0.2, -0.15) is 4.98 Å². The number of hydrogen-bond donors (Lipinski definition) is 1. The van der Waals surface area contributed by atoms with Crippen molar-refractivity contribution in [2.75, 3.05) is 6.61 Å². The highest BCUT2D eigenvalue weighted by atomic mass is 16.5. The average molecular weight is 231 g/mol. The summed E-state index contributed by atoms with van der Waals surface area (Å²) in [5, 5.41) is 3.89. The summed E-state index contributed by atoms with van der Waals surface area (Å²) in [6.45, 7) is 2.56. The molecule has 88 valence electrons. The molecule has 1 aromatic carbocycles. The molecule has 0 bridgehead atoms. The van der Waals surface area contributed by atoms with Crippen molar-refractivity contribution < 1.29 is 9.26 Å². The number of aromatic nitrogens is 2. The van der Waals surface area contributed by atoms with E-state index in [2.05, 4.69) is 10.1 Å². The zero-order valence-corrected chi connectivity index (χ0v) is 9.46. The minimum absolute atomic E-state index is 0.0787. The lowest BCUT2D eigenvalue weighted by molar-refractivity contribution is 0.160. The van der Waals surface area contributed by atoms with Crippen molar-refractivity contribution >= 4 is 0 Å². The lowest BCUT2D eigenvalue weighted by Gasteiger charge is -2.38. The van der Waals surface area contributed by atoms with Crippen molar-refractivity contribution in [1.82, 2.24) is 10.1 Å². The third kappa shape index (κ3) is 1.36. The van der Waals surface area contributed by atoms with Crippen LogP contribution in [0.5, 0.6) is 5.75 Å². The van der Waals surface area contributed by atoms with Crippen molar-refractivity contribution in [3.8, 4) is 5.75 Å². The number of rotatable bonds is 1. The van der Waals surface area contributed by atoms with E-state index in [1.165, 1.54) is 6.39 Å². The summed E-state index contributed by atoms with van der Waals surface area (Å²) in [6.07, 6.45) is 1.30. The van der Waals surface area contributed by atoms with Crippen molar-refractivity contribution in [3.05, 3.63) is 42.0 Å². The number of ether oxygens (including phenoxy) is 1. The van der Waals surface area contributed by atoms with E-state index in [9.17, 15) is 0 Å². The Labute approximate surface area is 98.6 Å². The smallest absolute Gasteiger partial charge is 0.213 e. The Bertz CT molecular complexity index is 526. The van der Waals surface area contributed by atoms with E-state index in [1.807, 2.05) is 31.2 Å². The number of para-hydroxylation sites is 1. The van der Waals surface area contributed by atoms with Crippen LogP contribution in [0.15, 0.2) is 35.2 Å². The van der Waals surface area contributed by atoms with Crippen LogP contribution < -0.4 is 10.5 Å². The molecule has 0 saturated carbocycles. The van der Waals surface area contributed by atoms with Crippen LogP contribution in [-0.2, 0) is 5.54 Å². The molecule has 2 aromatic rings. The van der Waals surface area contributed by atoms with E-state index in [-0.39, 0.29) is 5.92 Å². The molecule has 2 N–H and O–H groups in total.